The van der Waals surface area contributed by atoms with Gasteiger partial charge in [-0.15, -0.1) is 0 Å². The standard InChI is InChI=1S/C20H23FN2O3S/c1-15-4-6-16(7-5-15)13-22-20(24)17-3-2-12-23(14-17)27(25,26)19-10-8-18(21)9-11-19/h4-11,17H,2-3,12-14H2,1H3,(H,22,24)/t17-/m1/s1. The maximum absolute atomic E-state index is 13.1. The van der Waals surface area contributed by atoms with Crippen molar-refractivity contribution in [1.29, 1.82) is 0 Å². The second kappa shape index (κ2) is 8.19. The molecule has 1 aliphatic heterocycles. The van der Waals surface area contributed by atoms with Crippen molar-refractivity contribution in [2.24, 2.45) is 5.92 Å². The summed E-state index contributed by atoms with van der Waals surface area (Å²) in [6, 6.07) is 12.7. The lowest BCUT2D eigenvalue weighted by Gasteiger charge is -2.31. The zero-order valence-corrected chi connectivity index (χ0v) is 16.0. The van der Waals surface area contributed by atoms with Crippen molar-refractivity contribution in [3.05, 3.63) is 65.5 Å². The van der Waals surface area contributed by atoms with Gasteiger partial charge in [-0.1, -0.05) is 29.8 Å². The van der Waals surface area contributed by atoms with Crippen LogP contribution in [0.5, 0.6) is 0 Å². The highest BCUT2D eigenvalue weighted by molar-refractivity contribution is 7.89. The van der Waals surface area contributed by atoms with E-state index in [4.69, 9.17) is 0 Å². The summed E-state index contributed by atoms with van der Waals surface area (Å²) < 4.78 is 39.9. The summed E-state index contributed by atoms with van der Waals surface area (Å²) in [6.07, 6.45) is 1.26. The van der Waals surface area contributed by atoms with Gasteiger partial charge in [-0.2, -0.15) is 4.31 Å². The van der Waals surface area contributed by atoms with Crippen LogP contribution in [0.3, 0.4) is 0 Å². The summed E-state index contributed by atoms with van der Waals surface area (Å²) >= 11 is 0. The highest BCUT2D eigenvalue weighted by atomic mass is 32.2. The lowest BCUT2D eigenvalue weighted by atomic mass is 9.98. The summed E-state index contributed by atoms with van der Waals surface area (Å²) in [5, 5.41) is 2.90. The van der Waals surface area contributed by atoms with Crippen molar-refractivity contribution < 1.29 is 17.6 Å². The van der Waals surface area contributed by atoms with E-state index in [9.17, 15) is 17.6 Å². The third-order valence-electron chi connectivity index (χ3n) is 4.79. The minimum atomic E-state index is -3.73. The summed E-state index contributed by atoms with van der Waals surface area (Å²) in [6.45, 7) is 2.92. The molecule has 7 heteroatoms. The van der Waals surface area contributed by atoms with E-state index >= 15 is 0 Å². The Balaban J connectivity index is 1.63. The van der Waals surface area contributed by atoms with Crippen LogP contribution in [0.15, 0.2) is 53.4 Å². The molecular formula is C20H23FN2O3S. The molecule has 144 valence electrons. The predicted molar refractivity (Wildman–Crippen MR) is 101 cm³/mol. The van der Waals surface area contributed by atoms with Gasteiger partial charge in [-0.05, 0) is 49.6 Å². The van der Waals surface area contributed by atoms with E-state index in [-0.39, 0.29) is 23.3 Å². The smallest absolute Gasteiger partial charge is 0.243 e. The van der Waals surface area contributed by atoms with E-state index in [2.05, 4.69) is 5.32 Å². The van der Waals surface area contributed by atoms with E-state index in [1.165, 1.54) is 16.4 Å². The quantitative estimate of drug-likeness (QED) is 0.854. The molecule has 0 saturated carbocycles. The number of amides is 1. The first-order valence-electron chi connectivity index (χ1n) is 8.95. The molecule has 0 spiro atoms. The summed E-state index contributed by atoms with van der Waals surface area (Å²) in [5.41, 5.74) is 2.15. The van der Waals surface area contributed by atoms with Crippen LogP contribution in [0, 0.1) is 18.7 Å². The molecule has 0 aromatic heterocycles. The van der Waals surface area contributed by atoms with Gasteiger partial charge in [0.15, 0.2) is 0 Å². The summed E-state index contributed by atoms with van der Waals surface area (Å²) in [7, 11) is -3.73. The Morgan fingerprint density at radius 3 is 2.48 bits per heavy atom. The molecule has 1 N–H and O–H groups in total. The Morgan fingerprint density at radius 2 is 1.81 bits per heavy atom. The monoisotopic (exact) mass is 390 g/mol. The number of hydrogen-bond donors (Lipinski definition) is 1. The Labute approximate surface area is 159 Å². The summed E-state index contributed by atoms with van der Waals surface area (Å²) in [4.78, 5) is 12.6. The lowest BCUT2D eigenvalue weighted by Crippen LogP contribution is -2.45. The van der Waals surface area contributed by atoms with Crippen LogP contribution in [-0.2, 0) is 21.4 Å². The molecule has 0 bridgehead atoms. The number of carbonyl (C=O) groups is 1. The molecule has 0 unspecified atom stereocenters. The second-order valence-electron chi connectivity index (χ2n) is 6.86. The number of nitrogens with one attached hydrogen (secondary N) is 1. The highest BCUT2D eigenvalue weighted by Gasteiger charge is 2.33. The van der Waals surface area contributed by atoms with Gasteiger partial charge in [0.25, 0.3) is 0 Å². The molecule has 5 nitrogen and oxygen atoms in total. The van der Waals surface area contributed by atoms with Crippen molar-refractivity contribution in [2.75, 3.05) is 13.1 Å². The van der Waals surface area contributed by atoms with Gasteiger partial charge in [0.05, 0.1) is 10.8 Å². The molecule has 1 atom stereocenters. The first-order chi connectivity index (χ1) is 12.9. The number of hydrogen-bond acceptors (Lipinski definition) is 3. The van der Waals surface area contributed by atoms with Crippen molar-refractivity contribution in [2.45, 2.75) is 31.2 Å². The Hall–Kier alpha value is -2.25. The molecule has 2 aromatic rings. The fourth-order valence-corrected chi connectivity index (χ4v) is 4.69. The van der Waals surface area contributed by atoms with Crippen LogP contribution in [0.25, 0.3) is 0 Å². The van der Waals surface area contributed by atoms with Gasteiger partial charge in [0, 0.05) is 19.6 Å². The van der Waals surface area contributed by atoms with E-state index in [0.717, 1.165) is 23.3 Å². The third kappa shape index (κ3) is 4.73. The first kappa shape index (κ1) is 19.5. The zero-order chi connectivity index (χ0) is 19.4. The Morgan fingerprint density at radius 1 is 1.15 bits per heavy atom. The number of aryl methyl sites for hydroxylation is 1. The third-order valence-corrected chi connectivity index (χ3v) is 6.67. The van der Waals surface area contributed by atoms with E-state index < -0.39 is 15.8 Å². The molecule has 1 amide bonds. The number of sulfonamides is 1. The fourth-order valence-electron chi connectivity index (χ4n) is 3.17. The Kier molecular flexibility index (Phi) is 5.92. The van der Waals surface area contributed by atoms with E-state index in [1.54, 1.807) is 0 Å². The minimum absolute atomic E-state index is 0.0459. The lowest BCUT2D eigenvalue weighted by molar-refractivity contribution is -0.126. The van der Waals surface area contributed by atoms with Gasteiger partial charge < -0.3 is 5.32 Å². The molecule has 0 radical (unpaired) electrons. The van der Waals surface area contributed by atoms with Gasteiger partial charge in [-0.3, -0.25) is 4.79 Å². The molecular weight excluding hydrogens is 367 g/mol. The molecule has 0 aliphatic carbocycles. The average molecular weight is 390 g/mol. The van der Waals surface area contributed by atoms with Crippen LogP contribution in [0.1, 0.15) is 24.0 Å². The summed E-state index contributed by atoms with van der Waals surface area (Å²) in [5.74, 6) is -1.02. The second-order valence-corrected chi connectivity index (χ2v) is 8.80. The zero-order valence-electron chi connectivity index (χ0n) is 15.2. The van der Waals surface area contributed by atoms with Crippen molar-refractivity contribution >= 4 is 15.9 Å². The molecule has 1 saturated heterocycles. The number of piperidine rings is 1. The van der Waals surface area contributed by atoms with Gasteiger partial charge in [0.1, 0.15) is 5.82 Å². The van der Waals surface area contributed by atoms with Crippen LogP contribution >= 0.6 is 0 Å². The minimum Gasteiger partial charge on any atom is -0.352 e. The maximum Gasteiger partial charge on any atom is 0.243 e. The molecule has 1 aliphatic rings. The normalized spacial score (nSPS) is 18.2. The van der Waals surface area contributed by atoms with E-state index in [0.29, 0.717) is 25.9 Å². The SMILES string of the molecule is Cc1ccc(CNC(=O)[C@@H]2CCCN(S(=O)(=O)c3ccc(F)cc3)C2)cc1. The molecule has 27 heavy (non-hydrogen) atoms. The van der Waals surface area contributed by atoms with E-state index in [1.807, 2.05) is 31.2 Å². The van der Waals surface area contributed by atoms with Crippen molar-refractivity contribution in [3.8, 4) is 0 Å². The molecule has 1 heterocycles. The number of benzene rings is 2. The number of rotatable bonds is 5. The number of halogens is 1. The maximum atomic E-state index is 13.1. The van der Waals surface area contributed by atoms with Crippen molar-refractivity contribution in [3.63, 3.8) is 0 Å². The van der Waals surface area contributed by atoms with Gasteiger partial charge >= 0.3 is 0 Å². The number of nitrogens with zero attached hydrogens (tertiary/aromatic N) is 1. The van der Waals surface area contributed by atoms with Crippen LogP contribution < -0.4 is 5.32 Å². The molecule has 1 fully saturated rings. The fraction of sp³-hybridized carbons (Fsp3) is 0.350. The molecule has 3 rings (SSSR count). The predicted octanol–water partition coefficient (Wildman–Crippen LogP) is 2.85. The highest BCUT2D eigenvalue weighted by Crippen LogP contribution is 2.24. The van der Waals surface area contributed by atoms with Gasteiger partial charge in [-0.25, -0.2) is 12.8 Å². The van der Waals surface area contributed by atoms with Crippen molar-refractivity contribution in [1.82, 2.24) is 9.62 Å². The Bertz CT molecular complexity index is 896. The topological polar surface area (TPSA) is 66.5 Å². The molecule has 2 aromatic carbocycles. The first-order valence-corrected chi connectivity index (χ1v) is 10.4. The van der Waals surface area contributed by atoms with Gasteiger partial charge in [0.2, 0.25) is 15.9 Å². The number of carbonyl (C=O) groups excluding carboxylic acids is 1. The van der Waals surface area contributed by atoms with Crippen LogP contribution in [-0.4, -0.2) is 31.7 Å². The van der Waals surface area contributed by atoms with Crippen LogP contribution in [0.4, 0.5) is 4.39 Å². The van der Waals surface area contributed by atoms with Crippen LogP contribution in [0.2, 0.25) is 0 Å². The largest absolute Gasteiger partial charge is 0.352 e. The average Bonchev–Trinajstić information content (AvgIpc) is 2.68.